The van der Waals surface area contributed by atoms with E-state index in [1.165, 1.54) is 0 Å². The maximum absolute atomic E-state index is 6.40. The zero-order valence-electron chi connectivity index (χ0n) is 16.2. The van der Waals surface area contributed by atoms with Crippen molar-refractivity contribution < 1.29 is 4.74 Å². The highest BCUT2D eigenvalue weighted by Crippen LogP contribution is 2.28. The molecule has 0 spiro atoms. The molecule has 0 aliphatic rings. The van der Waals surface area contributed by atoms with E-state index in [1.54, 1.807) is 13.3 Å². The summed E-state index contributed by atoms with van der Waals surface area (Å²) in [5.41, 5.74) is 3.75. The number of anilines is 1. The molecule has 0 radical (unpaired) electrons. The lowest BCUT2D eigenvalue weighted by Crippen LogP contribution is -2.34. The fraction of sp³-hybridized carbons (Fsp3) is 0.182. The Morgan fingerprint density at radius 2 is 1.86 bits per heavy atom. The van der Waals surface area contributed by atoms with Crippen LogP contribution in [0.4, 0.5) is 5.69 Å². The number of aromatic nitrogens is 1. The lowest BCUT2D eigenvalue weighted by molar-refractivity contribution is 0.409. The largest absolute Gasteiger partial charge is 0.495 e. The molecule has 0 fully saturated rings. The quantitative estimate of drug-likeness (QED) is 0.463. The Bertz CT molecular complexity index is 978. The SMILES string of the molecule is COc1ccc(C)cc1NC(=S)N(Cc1cccnc1)Cc1c(Cl)cccc1Cl. The number of methoxy groups -OCH3 is 1. The molecule has 0 bridgehead atoms. The topological polar surface area (TPSA) is 37.4 Å². The Hall–Kier alpha value is -2.34. The van der Waals surface area contributed by atoms with Crippen LogP contribution < -0.4 is 10.1 Å². The van der Waals surface area contributed by atoms with Crippen LogP contribution in [0, 0.1) is 6.92 Å². The molecular formula is C22H21Cl2N3OS. The number of hydrogen-bond acceptors (Lipinski definition) is 3. The first-order chi connectivity index (χ1) is 14.0. The van der Waals surface area contributed by atoms with Gasteiger partial charge in [-0.2, -0.15) is 0 Å². The van der Waals surface area contributed by atoms with Crippen LogP contribution in [0.25, 0.3) is 0 Å². The van der Waals surface area contributed by atoms with Gasteiger partial charge in [0, 0.05) is 41.1 Å². The summed E-state index contributed by atoms with van der Waals surface area (Å²) < 4.78 is 5.46. The van der Waals surface area contributed by atoms with Crippen LogP contribution >= 0.6 is 35.4 Å². The highest BCUT2D eigenvalue weighted by Gasteiger charge is 2.17. The number of halogens is 2. The van der Waals surface area contributed by atoms with Gasteiger partial charge in [-0.15, -0.1) is 0 Å². The Balaban J connectivity index is 1.90. The van der Waals surface area contributed by atoms with Crippen molar-refractivity contribution in [2.45, 2.75) is 20.0 Å². The van der Waals surface area contributed by atoms with Gasteiger partial charge in [0.25, 0.3) is 0 Å². The first-order valence-corrected chi connectivity index (χ1v) is 10.2. The van der Waals surface area contributed by atoms with Gasteiger partial charge in [0.05, 0.1) is 12.8 Å². The number of benzene rings is 2. The molecule has 7 heteroatoms. The van der Waals surface area contributed by atoms with Crippen LogP contribution in [0.1, 0.15) is 16.7 Å². The number of nitrogens with zero attached hydrogens (tertiary/aromatic N) is 2. The van der Waals surface area contributed by atoms with E-state index in [0.717, 1.165) is 28.1 Å². The second-order valence-corrected chi connectivity index (χ2v) is 7.75. The summed E-state index contributed by atoms with van der Waals surface area (Å²) in [6.07, 6.45) is 3.56. The first-order valence-electron chi connectivity index (χ1n) is 9.00. The molecule has 2 aromatic carbocycles. The molecule has 150 valence electrons. The Kier molecular flexibility index (Phi) is 7.31. The fourth-order valence-corrected chi connectivity index (χ4v) is 3.66. The summed E-state index contributed by atoms with van der Waals surface area (Å²) >= 11 is 18.6. The van der Waals surface area contributed by atoms with Gasteiger partial charge in [-0.3, -0.25) is 4.98 Å². The van der Waals surface area contributed by atoms with E-state index in [9.17, 15) is 0 Å². The van der Waals surface area contributed by atoms with Gasteiger partial charge in [0.2, 0.25) is 0 Å². The molecule has 0 saturated carbocycles. The number of thiocarbonyl (C=S) groups is 1. The molecule has 0 aliphatic heterocycles. The van der Waals surface area contributed by atoms with E-state index in [4.69, 9.17) is 40.2 Å². The number of pyridine rings is 1. The molecule has 4 nitrogen and oxygen atoms in total. The van der Waals surface area contributed by atoms with Crippen molar-refractivity contribution in [3.8, 4) is 5.75 Å². The summed E-state index contributed by atoms with van der Waals surface area (Å²) in [6, 6.07) is 15.3. The second-order valence-electron chi connectivity index (χ2n) is 6.55. The number of nitrogens with one attached hydrogen (secondary N) is 1. The van der Waals surface area contributed by atoms with Crippen LogP contribution in [0.5, 0.6) is 5.75 Å². The van der Waals surface area contributed by atoms with Gasteiger partial charge in [-0.25, -0.2) is 0 Å². The van der Waals surface area contributed by atoms with Crippen LogP contribution in [0.15, 0.2) is 60.9 Å². The maximum atomic E-state index is 6.40. The van der Waals surface area contributed by atoms with Crippen LogP contribution in [-0.4, -0.2) is 22.1 Å². The monoisotopic (exact) mass is 445 g/mol. The van der Waals surface area contributed by atoms with Crippen LogP contribution in [0.2, 0.25) is 10.0 Å². The molecule has 0 atom stereocenters. The van der Waals surface area contributed by atoms with Gasteiger partial charge in [0.15, 0.2) is 5.11 Å². The molecule has 1 aromatic heterocycles. The zero-order chi connectivity index (χ0) is 20.8. The number of hydrogen-bond donors (Lipinski definition) is 1. The Labute approximate surface area is 186 Å². The van der Waals surface area contributed by atoms with Crippen LogP contribution in [-0.2, 0) is 13.1 Å². The molecule has 0 unspecified atom stereocenters. The average Bonchev–Trinajstić information content (AvgIpc) is 2.71. The summed E-state index contributed by atoms with van der Waals surface area (Å²) in [4.78, 5) is 6.20. The van der Waals surface area contributed by atoms with E-state index in [2.05, 4.69) is 10.3 Å². The van der Waals surface area contributed by atoms with E-state index in [-0.39, 0.29) is 0 Å². The fourth-order valence-electron chi connectivity index (χ4n) is 2.90. The summed E-state index contributed by atoms with van der Waals surface area (Å²) in [7, 11) is 1.63. The van der Waals surface area contributed by atoms with Gasteiger partial charge in [0.1, 0.15) is 5.75 Å². The lowest BCUT2D eigenvalue weighted by Gasteiger charge is -2.27. The second kappa shape index (κ2) is 9.92. The van der Waals surface area contributed by atoms with Crippen LogP contribution in [0.3, 0.4) is 0 Å². The highest BCUT2D eigenvalue weighted by atomic mass is 35.5. The van der Waals surface area contributed by atoms with E-state index >= 15 is 0 Å². The van der Waals surface area contributed by atoms with Gasteiger partial charge in [-0.05, 0) is 60.6 Å². The molecule has 0 amide bonds. The first kappa shape index (κ1) is 21.4. The van der Waals surface area contributed by atoms with Crippen molar-refractivity contribution in [2.75, 3.05) is 12.4 Å². The minimum Gasteiger partial charge on any atom is -0.495 e. The third-order valence-electron chi connectivity index (χ3n) is 4.39. The lowest BCUT2D eigenvalue weighted by atomic mass is 10.2. The number of ether oxygens (including phenoxy) is 1. The Morgan fingerprint density at radius 3 is 2.52 bits per heavy atom. The highest BCUT2D eigenvalue weighted by molar-refractivity contribution is 7.80. The molecule has 3 aromatic rings. The predicted octanol–water partition coefficient (Wildman–Crippen LogP) is 6.10. The van der Waals surface area contributed by atoms with Crippen molar-refractivity contribution >= 4 is 46.2 Å². The predicted molar refractivity (Wildman–Crippen MR) is 124 cm³/mol. The average molecular weight is 446 g/mol. The third kappa shape index (κ3) is 5.60. The van der Waals surface area contributed by atoms with Crippen molar-refractivity contribution in [1.29, 1.82) is 0 Å². The number of rotatable bonds is 6. The normalized spacial score (nSPS) is 10.5. The molecule has 0 aliphatic carbocycles. The van der Waals surface area contributed by atoms with Gasteiger partial charge >= 0.3 is 0 Å². The molecule has 1 heterocycles. The van der Waals surface area contributed by atoms with E-state index in [0.29, 0.717) is 28.2 Å². The minimum atomic E-state index is 0.452. The number of aryl methyl sites for hydroxylation is 1. The van der Waals surface area contributed by atoms with Crippen molar-refractivity contribution in [3.63, 3.8) is 0 Å². The molecule has 29 heavy (non-hydrogen) atoms. The van der Waals surface area contributed by atoms with Crippen molar-refractivity contribution in [1.82, 2.24) is 9.88 Å². The summed E-state index contributed by atoms with van der Waals surface area (Å²) in [5, 5.41) is 5.05. The smallest absolute Gasteiger partial charge is 0.174 e. The third-order valence-corrected chi connectivity index (χ3v) is 5.46. The molecule has 0 saturated heterocycles. The minimum absolute atomic E-state index is 0.452. The summed E-state index contributed by atoms with van der Waals surface area (Å²) in [5.74, 6) is 0.718. The maximum Gasteiger partial charge on any atom is 0.174 e. The van der Waals surface area contributed by atoms with Gasteiger partial charge in [-0.1, -0.05) is 41.4 Å². The Morgan fingerprint density at radius 1 is 1.10 bits per heavy atom. The van der Waals surface area contributed by atoms with Crippen molar-refractivity contribution in [3.05, 3.63) is 87.7 Å². The molecule has 1 N–H and O–H groups in total. The molecule has 3 rings (SSSR count). The zero-order valence-corrected chi connectivity index (χ0v) is 18.5. The van der Waals surface area contributed by atoms with Gasteiger partial charge < -0.3 is 15.0 Å². The van der Waals surface area contributed by atoms with E-state index in [1.807, 2.05) is 66.6 Å². The standard InChI is InChI=1S/C22H21Cl2N3OS/c1-15-8-9-21(28-2)20(11-15)26-22(29)27(13-16-5-4-10-25-12-16)14-17-18(23)6-3-7-19(17)24/h3-12H,13-14H2,1-2H3,(H,26,29). The summed E-state index contributed by atoms with van der Waals surface area (Å²) in [6.45, 7) is 3.02. The molecular weight excluding hydrogens is 425 g/mol. The van der Waals surface area contributed by atoms with E-state index < -0.39 is 0 Å². The van der Waals surface area contributed by atoms with Crippen molar-refractivity contribution in [2.24, 2.45) is 0 Å².